The van der Waals surface area contributed by atoms with Gasteiger partial charge < -0.3 is 29.4 Å². The molecule has 1 aliphatic rings. The number of ether oxygens (including phenoxy) is 3. The van der Waals surface area contributed by atoms with Crippen LogP contribution in [-0.4, -0.2) is 62.6 Å². The molecule has 0 bridgehead atoms. The Hall–Kier alpha value is -4.78. The van der Waals surface area contributed by atoms with Crippen LogP contribution < -0.4 is 20.1 Å². The third-order valence-corrected chi connectivity index (χ3v) is 5.57. The van der Waals surface area contributed by atoms with Crippen molar-refractivity contribution in [2.45, 2.75) is 31.9 Å². The summed E-state index contributed by atoms with van der Waals surface area (Å²) in [5.74, 6) is 0.878. The standard InChI is InChI=1S/C26H27N7O6/c1-15(14-36-3)37-19-10-16(24(34)29-22-8-9-33(2)31-22)11-20(12-19)38-18-6-7-21(27-13-18)23-30-26(39-32-23)25(35)28-17-4-5-17/h6-13,15,17H,4-5,14H2,1-3H3,(H,28,35)(H,29,31,34)/t15-/m0/s1. The average Bonchev–Trinajstić information content (AvgIpc) is 3.40. The highest BCUT2D eigenvalue weighted by molar-refractivity contribution is 6.04. The molecular formula is C26H27N7O6. The van der Waals surface area contributed by atoms with Gasteiger partial charge in [-0.15, -0.1) is 0 Å². The van der Waals surface area contributed by atoms with Gasteiger partial charge in [0.2, 0.25) is 5.82 Å². The first-order valence-electron chi connectivity index (χ1n) is 12.3. The number of anilines is 1. The fraction of sp³-hybridized carbons (Fsp3) is 0.308. The number of nitrogens with one attached hydrogen (secondary N) is 2. The largest absolute Gasteiger partial charge is 0.488 e. The van der Waals surface area contributed by atoms with E-state index in [2.05, 4.69) is 30.9 Å². The van der Waals surface area contributed by atoms with Crippen LogP contribution >= 0.6 is 0 Å². The predicted molar refractivity (Wildman–Crippen MR) is 138 cm³/mol. The Morgan fingerprint density at radius 1 is 1.13 bits per heavy atom. The average molecular weight is 534 g/mol. The Bertz CT molecular complexity index is 1460. The molecule has 39 heavy (non-hydrogen) atoms. The molecule has 1 atom stereocenters. The molecule has 0 saturated heterocycles. The zero-order valence-corrected chi connectivity index (χ0v) is 21.6. The van der Waals surface area contributed by atoms with Gasteiger partial charge in [-0.25, -0.2) is 4.98 Å². The number of carbonyl (C=O) groups is 2. The second-order valence-corrected chi connectivity index (χ2v) is 9.06. The van der Waals surface area contributed by atoms with Crippen molar-refractivity contribution in [2.75, 3.05) is 19.0 Å². The highest BCUT2D eigenvalue weighted by Crippen LogP contribution is 2.29. The smallest absolute Gasteiger partial charge is 0.316 e. The summed E-state index contributed by atoms with van der Waals surface area (Å²) in [6.07, 6.45) is 4.85. The molecule has 1 fully saturated rings. The van der Waals surface area contributed by atoms with Crippen LogP contribution in [0.15, 0.2) is 53.3 Å². The van der Waals surface area contributed by atoms with Crippen molar-refractivity contribution in [3.8, 4) is 28.8 Å². The Morgan fingerprint density at radius 3 is 2.64 bits per heavy atom. The molecule has 13 nitrogen and oxygen atoms in total. The Balaban J connectivity index is 1.32. The van der Waals surface area contributed by atoms with Gasteiger partial charge in [-0.1, -0.05) is 5.16 Å². The summed E-state index contributed by atoms with van der Waals surface area (Å²) in [6, 6.07) is 10.0. The molecule has 1 saturated carbocycles. The third kappa shape index (κ3) is 6.76. The predicted octanol–water partition coefficient (Wildman–Crippen LogP) is 3.22. The molecular weight excluding hydrogens is 506 g/mol. The van der Waals surface area contributed by atoms with Gasteiger partial charge in [0.1, 0.15) is 29.0 Å². The molecule has 202 valence electrons. The molecule has 0 unspecified atom stereocenters. The molecule has 3 heterocycles. The monoisotopic (exact) mass is 533 g/mol. The first-order valence-corrected chi connectivity index (χ1v) is 12.3. The van der Waals surface area contributed by atoms with Crippen LogP contribution in [0.1, 0.15) is 40.8 Å². The van der Waals surface area contributed by atoms with Gasteiger partial charge >= 0.3 is 11.8 Å². The fourth-order valence-corrected chi connectivity index (χ4v) is 3.60. The molecule has 1 aromatic carbocycles. The summed E-state index contributed by atoms with van der Waals surface area (Å²) in [6.45, 7) is 2.22. The molecule has 0 radical (unpaired) electrons. The number of hydrogen-bond acceptors (Lipinski definition) is 10. The molecule has 13 heteroatoms. The topological polar surface area (TPSA) is 156 Å². The first-order chi connectivity index (χ1) is 18.9. The number of hydrogen-bond donors (Lipinski definition) is 2. The second kappa shape index (κ2) is 11.3. The maximum Gasteiger partial charge on any atom is 0.316 e. The van der Waals surface area contributed by atoms with Gasteiger partial charge in [0, 0.05) is 44.1 Å². The van der Waals surface area contributed by atoms with Crippen molar-refractivity contribution in [1.29, 1.82) is 0 Å². The summed E-state index contributed by atoms with van der Waals surface area (Å²) in [5.41, 5.74) is 0.712. The quantitative estimate of drug-likeness (QED) is 0.293. The van der Waals surface area contributed by atoms with Crippen LogP contribution in [0.4, 0.5) is 5.82 Å². The van der Waals surface area contributed by atoms with E-state index in [0.29, 0.717) is 40.9 Å². The van der Waals surface area contributed by atoms with Gasteiger partial charge in [-0.3, -0.25) is 14.3 Å². The van der Waals surface area contributed by atoms with Gasteiger partial charge in [-0.2, -0.15) is 10.1 Å². The third-order valence-electron chi connectivity index (χ3n) is 5.57. The van der Waals surface area contributed by atoms with E-state index in [0.717, 1.165) is 12.8 Å². The van der Waals surface area contributed by atoms with E-state index in [9.17, 15) is 9.59 Å². The van der Waals surface area contributed by atoms with E-state index in [1.54, 1.807) is 61.4 Å². The van der Waals surface area contributed by atoms with Gasteiger partial charge in [0.15, 0.2) is 5.82 Å². The van der Waals surface area contributed by atoms with Crippen molar-refractivity contribution in [1.82, 2.24) is 30.2 Å². The number of methoxy groups -OCH3 is 1. The normalized spacial score (nSPS) is 13.5. The lowest BCUT2D eigenvalue weighted by Gasteiger charge is -2.16. The summed E-state index contributed by atoms with van der Waals surface area (Å²) >= 11 is 0. The van der Waals surface area contributed by atoms with Gasteiger partial charge in [0.25, 0.3) is 5.91 Å². The number of pyridine rings is 1. The number of nitrogens with zero attached hydrogens (tertiary/aromatic N) is 5. The summed E-state index contributed by atoms with van der Waals surface area (Å²) in [4.78, 5) is 33.5. The van der Waals surface area contributed by atoms with Crippen LogP contribution in [0.3, 0.4) is 0 Å². The molecule has 1 aliphatic carbocycles. The van der Waals surface area contributed by atoms with Crippen molar-refractivity contribution < 1.29 is 28.3 Å². The highest BCUT2D eigenvalue weighted by atomic mass is 16.5. The Morgan fingerprint density at radius 2 is 1.95 bits per heavy atom. The molecule has 4 aromatic rings. The van der Waals surface area contributed by atoms with E-state index in [4.69, 9.17) is 18.7 Å². The van der Waals surface area contributed by atoms with Crippen molar-refractivity contribution in [3.63, 3.8) is 0 Å². The van der Waals surface area contributed by atoms with E-state index in [1.165, 1.54) is 6.20 Å². The zero-order chi connectivity index (χ0) is 27.4. The molecule has 0 aliphatic heterocycles. The number of rotatable bonds is 11. The summed E-state index contributed by atoms with van der Waals surface area (Å²) < 4.78 is 23.7. The summed E-state index contributed by atoms with van der Waals surface area (Å²) in [7, 11) is 3.34. The Kier molecular flexibility index (Phi) is 7.50. The minimum absolute atomic E-state index is 0.116. The van der Waals surface area contributed by atoms with Crippen molar-refractivity contribution >= 4 is 17.6 Å². The first kappa shape index (κ1) is 25.9. The number of aryl methyl sites for hydroxylation is 1. The number of aromatic nitrogens is 5. The zero-order valence-electron chi connectivity index (χ0n) is 21.6. The van der Waals surface area contributed by atoms with E-state index in [-0.39, 0.29) is 29.8 Å². The summed E-state index contributed by atoms with van der Waals surface area (Å²) in [5, 5.41) is 13.6. The number of carbonyl (C=O) groups excluding carboxylic acids is 2. The number of amides is 2. The minimum Gasteiger partial charge on any atom is -0.488 e. The van der Waals surface area contributed by atoms with Crippen LogP contribution in [0.25, 0.3) is 11.5 Å². The molecule has 0 spiro atoms. The van der Waals surface area contributed by atoms with Crippen molar-refractivity contribution in [2.24, 2.45) is 7.05 Å². The van der Waals surface area contributed by atoms with E-state index in [1.807, 2.05) is 6.92 Å². The van der Waals surface area contributed by atoms with Crippen LogP contribution in [-0.2, 0) is 11.8 Å². The molecule has 2 N–H and O–H groups in total. The molecule has 3 aromatic heterocycles. The SMILES string of the molecule is COC[C@H](C)Oc1cc(Oc2ccc(-c3noc(C(=O)NC4CC4)n3)nc2)cc(C(=O)Nc2ccn(C)n2)c1. The van der Waals surface area contributed by atoms with Crippen LogP contribution in [0, 0.1) is 0 Å². The van der Waals surface area contributed by atoms with E-state index >= 15 is 0 Å². The van der Waals surface area contributed by atoms with Crippen LogP contribution in [0.2, 0.25) is 0 Å². The lowest BCUT2D eigenvalue weighted by atomic mass is 10.2. The lowest BCUT2D eigenvalue weighted by molar-refractivity contribution is 0.0906. The van der Waals surface area contributed by atoms with E-state index < -0.39 is 5.91 Å². The lowest BCUT2D eigenvalue weighted by Crippen LogP contribution is -2.25. The van der Waals surface area contributed by atoms with Crippen LogP contribution in [0.5, 0.6) is 17.2 Å². The van der Waals surface area contributed by atoms with Gasteiger partial charge in [0.05, 0.1) is 12.8 Å². The molecule has 5 rings (SSSR count). The maximum atomic E-state index is 12.9. The second-order valence-electron chi connectivity index (χ2n) is 9.06. The minimum atomic E-state index is -0.402. The van der Waals surface area contributed by atoms with Gasteiger partial charge in [-0.05, 0) is 44.0 Å². The Labute approximate surface area is 223 Å². The van der Waals surface area contributed by atoms with Crippen molar-refractivity contribution in [3.05, 3.63) is 60.2 Å². The molecule has 2 amide bonds. The fourth-order valence-electron chi connectivity index (χ4n) is 3.60. The highest BCUT2D eigenvalue weighted by Gasteiger charge is 2.26. The maximum absolute atomic E-state index is 12.9. The number of benzene rings is 1.